The SMILES string of the molecule is CC1CCCC(O)(CNC(=O)CSC(C)C)C1. The number of hydrogen-bond acceptors (Lipinski definition) is 3. The van der Waals surface area contributed by atoms with Crippen molar-refractivity contribution in [2.45, 2.75) is 57.3 Å². The topological polar surface area (TPSA) is 49.3 Å². The lowest BCUT2D eigenvalue weighted by atomic mass is 9.79. The number of nitrogens with one attached hydrogen (secondary N) is 1. The highest BCUT2D eigenvalue weighted by molar-refractivity contribution is 8.00. The number of thioether (sulfide) groups is 1. The Bertz CT molecular complexity index is 258. The highest BCUT2D eigenvalue weighted by Crippen LogP contribution is 2.31. The van der Waals surface area contributed by atoms with Crippen molar-refractivity contribution in [1.82, 2.24) is 5.32 Å². The first-order chi connectivity index (χ1) is 7.91. The largest absolute Gasteiger partial charge is 0.388 e. The van der Waals surface area contributed by atoms with E-state index in [4.69, 9.17) is 0 Å². The Hall–Kier alpha value is -0.220. The Morgan fingerprint density at radius 1 is 1.59 bits per heavy atom. The van der Waals surface area contributed by atoms with Crippen LogP contribution in [0.15, 0.2) is 0 Å². The summed E-state index contributed by atoms with van der Waals surface area (Å²) >= 11 is 1.63. The molecule has 0 aromatic rings. The fourth-order valence-corrected chi connectivity index (χ4v) is 2.94. The van der Waals surface area contributed by atoms with E-state index in [1.807, 2.05) is 0 Å². The fraction of sp³-hybridized carbons (Fsp3) is 0.923. The van der Waals surface area contributed by atoms with Crippen LogP contribution in [-0.4, -0.2) is 34.2 Å². The van der Waals surface area contributed by atoms with E-state index in [1.165, 1.54) is 6.42 Å². The molecule has 1 amide bonds. The fourth-order valence-electron chi connectivity index (χ4n) is 2.35. The molecule has 4 heteroatoms. The second-order valence-electron chi connectivity index (χ2n) is 5.56. The molecule has 2 unspecified atom stereocenters. The first-order valence-electron chi connectivity index (χ1n) is 6.52. The van der Waals surface area contributed by atoms with Crippen molar-refractivity contribution in [3.8, 4) is 0 Å². The van der Waals surface area contributed by atoms with Crippen LogP contribution < -0.4 is 5.32 Å². The van der Waals surface area contributed by atoms with E-state index < -0.39 is 5.60 Å². The molecule has 2 atom stereocenters. The molecule has 1 saturated carbocycles. The van der Waals surface area contributed by atoms with Crippen molar-refractivity contribution in [3.05, 3.63) is 0 Å². The lowest BCUT2D eigenvalue weighted by molar-refractivity contribution is -0.120. The highest BCUT2D eigenvalue weighted by atomic mass is 32.2. The Kier molecular flexibility index (Phi) is 5.80. The van der Waals surface area contributed by atoms with Gasteiger partial charge in [-0.2, -0.15) is 0 Å². The monoisotopic (exact) mass is 259 g/mol. The van der Waals surface area contributed by atoms with Crippen molar-refractivity contribution in [1.29, 1.82) is 0 Å². The summed E-state index contributed by atoms with van der Waals surface area (Å²) in [5.74, 6) is 1.09. The molecule has 1 aliphatic rings. The zero-order chi connectivity index (χ0) is 12.9. The van der Waals surface area contributed by atoms with Crippen LogP contribution in [0, 0.1) is 5.92 Å². The quantitative estimate of drug-likeness (QED) is 0.795. The molecular formula is C13H25NO2S. The maximum absolute atomic E-state index is 11.6. The molecule has 1 aliphatic carbocycles. The minimum atomic E-state index is -0.671. The van der Waals surface area contributed by atoms with Crippen molar-refractivity contribution >= 4 is 17.7 Å². The van der Waals surface area contributed by atoms with E-state index in [-0.39, 0.29) is 5.91 Å². The van der Waals surface area contributed by atoms with Crippen molar-refractivity contribution in [3.63, 3.8) is 0 Å². The van der Waals surface area contributed by atoms with Crippen LogP contribution in [0.3, 0.4) is 0 Å². The Morgan fingerprint density at radius 3 is 2.88 bits per heavy atom. The average molecular weight is 259 g/mol. The van der Waals surface area contributed by atoms with E-state index in [0.717, 1.165) is 19.3 Å². The Balaban J connectivity index is 2.26. The summed E-state index contributed by atoms with van der Waals surface area (Å²) in [6.07, 6.45) is 3.88. The van der Waals surface area contributed by atoms with Crippen LogP contribution in [-0.2, 0) is 4.79 Å². The second kappa shape index (κ2) is 6.64. The number of carbonyl (C=O) groups is 1. The first-order valence-corrected chi connectivity index (χ1v) is 7.57. The minimum absolute atomic E-state index is 0.0374. The van der Waals surface area contributed by atoms with Crippen LogP contribution >= 0.6 is 11.8 Å². The third-order valence-corrected chi connectivity index (χ3v) is 4.33. The van der Waals surface area contributed by atoms with Gasteiger partial charge in [-0.05, 0) is 24.0 Å². The van der Waals surface area contributed by atoms with Gasteiger partial charge in [0.05, 0.1) is 11.4 Å². The lowest BCUT2D eigenvalue weighted by Gasteiger charge is -2.35. The Morgan fingerprint density at radius 2 is 2.29 bits per heavy atom. The summed E-state index contributed by atoms with van der Waals surface area (Å²) in [7, 11) is 0. The maximum Gasteiger partial charge on any atom is 0.230 e. The average Bonchev–Trinajstić information content (AvgIpc) is 2.23. The molecule has 1 rings (SSSR count). The van der Waals surface area contributed by atoms with Crippen LogP contribution in [0.25, 0.3) is 0 Å². The molecule has 17 heavy (non-hydrogen) atoms. The van der Waals surface area contributed by atoms with Gasteiger partial charge >= 0.3 is 0 Å². The van der Waals surface area contributed by atoms with Crippen LogP contribution in [0.1, 0.15) is 46.5 Å². The molecule has 0 radical (unpaired) electrons. The van der Waals surface area contributed by atoms with Gasteiger partial charge < -0.3 is 10.4 Å². The number of rotatable bonds is 5. The van der Waals surface area contributed by atoms with Crippen LogP contribution in [0.5, 0.6) is 0 Å². The third kappa shape index (κ3) is 5.77. The van der Waals surface area contributed by atoms with Crippen LogP contribution in [0.4, 0.5) is 0 Å². The van der Waals surface area contributed by atoms with Gasteiger partial charge in [0.2, 0.25) is 5.91 Å². The van der Waals surface area contributed by atoms with Crippen molar-refractivity contribution in [2.24, 2.45) is 5.92 Å². The summed E-state index contributed by atoms with van der Waals surface area (Å²) in [4.78, 5) is 11.6. The minimum Gasteiger partial charge on any atom is -0.388 e. The summed E-state index contributed by atoms with van der Waals surface area (Å²) in [5.41, 5.74) is -0.671. The normalized spacial score (nSPS) is 29.4. The third-order valence-electron chi connectivity index (χ3n) is 3.23. The Labute approximate surface area is 109 Å². The number of carbonyl (C=O) groups excluding carboxylic acids is 1. The molecular weight excluding hydrogens is 234 g/mol. The zero-order valence-corrected chi connectivity index (χ0v) is 12.0. The molecule has 0 aliphatic heterocycles. The summed E-state index contributed by atoms with van der Waals surface area (Å²) in [5, 5.41) is 13.7. The molecule has 100 valence electrons. The van der Waals surface area contributed by atoms with E-state index in [2.05, 4.69) is 26.1 Å². The molecule has 0 aromatic heterocycles. The maximum atomic E-state index is 11.6. The summed E-state index contributed by atoms with van der Waals surface area (Å²) in [6.45, 7) is 6.73. The molecule has 0 aromatic carbocycles. The summed E-state index contributed by atoms with van der Waals surface area (Å²) in [6, 6.07) is 0. The first kappa shape index (κ1) is 14.8. The second-order valence-corrected chi connectivity index (χ2v) is 7.13. The van der Waals surface area contributed by atoms with Crippen molar-refractivity contribution in [2.75, 3.05) is 12.3 Å². The molecule has 1 fully saturated rings. The van der Waals surface area contributed by atoms with E-state index in [9.17, 15) is 9.90 Å². The van der Waals surface area contributed by atoms with Crippen molar-refractivity contribution < 1.29 is 9.90 Å². The van der Waals surface area contributed by atoms with E-state index in [1.54, 1.807) is 11.8 Å². The zero-order valence-electron chi connectivity index (χ0n) is 11.2. The lowest BCUT2D eigenvalue weighted by Crippen LogP contribution is -2.46. The number of amides is 1. The van der Waals surface area contributed by atoms with Gasteiger partial charge in [-0.15, -0.1) is 11.8 Å². The van der Waals surface area contributed by atoms with E-state index >= 15 is 0 Å². The standard InChI is InChI=1S/C13H25NO2S/c1-10(2)17-8-12(15)14-9-13(16)6-4-5-11(3)7-13/h10-11,16H,4-9H2,1-3H3,(H,14,15). The van der Waals surface area contributed by atoms with Gasteiger partial charge in [-0.1, -0.05) is 33.6 Å². The predicted octanol–water partition coefficient (Wildman–Crippen LogP) is 2.19. The molecule has 0 heterocycles. The molecule has 0 bridgehead atoms. The number of hydrogen-bond donors (Lipinski definition) is 2. The van der Waals surface area contributed by atoms with Gasteiger partial charge in [-0.3, -0.25) is 4.79 Å². The summed E-state index contributed by atoms with van der Waals surface area (Å²) < 4.78 is 0. The van der Waals surface area contributed by atoms with Gasteiger partial charge in [0, 0.05) is 6.54 Å². The molecule has 0 spiro atoms. The molecule has 3 nitrogen and oxygen atoms in total. The van der Waals surface area contributed by atoms with Gasteiger partial charge in [0.15, 0.2) is 0 Å². The van der Waals surface area contributed by atoms with Gasteiger partial charge in [-0.25, -0.2) is 0 Å². The molecule has 2 N–H and O–H groups in total. The molecule has 0 saturated heterocycles. The van der Waals surface area contributed by atoms with Crippen LogP contribution in [0.2, 0.25) is 0 Å². The smallest absolute Gasteiger partial charge is 0.230 e. The van der Waals surface area contributed by atoms with Gasteiger partial charge in [0.25, 0.3) is 0 Å². The van der Waals surface area contributed by atoms with E-state index in [0.29, 0.717) is 23.5 Å². The number of aliphatic hydroxyl groups is 1. The predicted molar refractivity (Wildman–Crippen MR) is 73.2 cm³/mol. The highest BCUT2D eigenvalue weighted by Gasteiger charge is 2.32. The van der Waals surface area contributed by atoms with Gasteiger partial charge in [0.1, 0.15) is 0 Å².